The average molecular weight is 206 g/mol. The zero-order valence-electron chi connectivity index (χ0n) is 9.09. The molecule has 3 rings (SSSR count). The molecule has 3 aliphatic carbocycles. The minimum atomic E-state index is -0.518. The van der Waals surface area contributed by atoms with Gasteiger partial charge in [-0.3, -0.25) is 4.79 Å². The number of hydrogen-bond acceptors (Lipinski definition) is 2. The van der Waals surface area contributed by atoms with Gasteiger partial charge in [-0.1, -0.05) is 12.2 Å². The Morgan fingerprint density at radius 1 is 1.33 bits per heavy atom. The Kier molecular flexibility index (Phi) is 1.75. The van der Waals surface area contributed by atoms with Crippen molar-refractivity contribution in [3.05, 3.63) is 12.2 Å². The quantitative estimate of drug-likeness (QED) is 0.617. The zero-order valence-corrected chi connectivity index (χ0v) is 9.09. The highest BCUT2D eigenvalue weighted by atomic mass is 16.3. The van der Waals surface area contributed by atoms with E-state index < -0.39 is 5.60 Å². The minimum absolute atomic E-state index is 0.0258. The third-order valence-corrected chi connectivity index (χ3v) is 5.10. The van der Waals surface area contributed by atoms with Crippen LogP contribution in [0.2, 0.25) is 0 Å². The van der Waals surface area contributed by atoms with E-state index in [0.717, 1.165) is 37.7 Å². The summed E-state index contributed by atoms with van der Waals surface area (Å²) in [6, 6.07) is 0. The summed E-state index contributed by atoms with van der Waals surface area (Å²) in [6.07, 6.45) is 6.08. The lowest BCUT2D eigenvalue weighted by Crippen LogP contribution is -2.45. The monoisotopic (exact) mass is 206 g/mol. The van der Waals surface area contributed by atoms with Crippen molar-refractivity contribution in [3.8, 4) is 0 Å². The molecule has 0 aromatic rings. The molecule has 0 aromatic heterocycles. The smallest absolute Gasteiger partial charge is 0.133 e. The fourth-order valence-corrected chi connectivity index (χ4v) is 4.39. The third-order valence-electron chi connectivity index (χ3n) is 5.10. The van der Waals surface area contributed by atoms with Crippen LogP contribution in [0.3, 0.4) is 0 Å². The molecule has 3 fully saturated rings. The van der Waals surface area contributed by atoms with E-state index in [-0.39, 0.29) is 11.3 Å². The molecule has 3 aliphatic rings. The lowest BCUT2D eigenvalue weighted by Gasteiger charge is -2.43. The van der Waals surface area contributed by atoms with Crippen LogP contribution in [0.15, 0.2) is 12.2 Å². The summed E-state index contributed by atoms with van der Waals surface area (Å²) in [5, 5.41) is 10.7. The van der Waals surface area contributed by atoms with Crippen molar-refractivity contribution in [1.29, 1.82) is 0 Å². The van der Waals surface area contributed by atoms with Crippen LogP contribution in [0, 0.1) is 11.3 Å². The molecule has 0 amide bonds. The van der Waals surface area contributed by atoms with Gasteiger partial charge >= 0.3 is 0 Å². The molecular formula is C13H18O2. The Bertz CT molecular complexity index is 346. The molecule has 2 nitrogen and oxygen atoms in total. The van der Waals surface area contributed by atoms with Gasteiger partial charge in [0.05, 0.1) is 5.60 Å². The SMILES string of the molecule is C=C1C[C@]2(O)CCC[C@@]23CCC(=O)C[C@@H]13. The Hall–Kier alpha value is -0.630. The molecule has 0 saturated heterocycles. The molecule has 0 heterocycles. The van der Waals surface area contributed by atoms with Crippen LogP contribution in [-0.4, -0.2) is 16.5 Å². The van der Waals surface area contributed by atoms with Crippen LogP contribution in [-0.2, 0) is 4.79 Å². The zero-order chi connectivity index (χ0) is 10.7. The van der Waals surface area contributed by atoms with Crippen molar-refractivity contribution in [2.24, 2.45) is 11.3 Å². The molecular weight excluding hydrogens is 188 g/mol. The van der Waals surface area contributed by atoms with E-state index in [9.17, 15) is 9.90 Å². The maximum atomic E-state index is 11.5. The molecule has 82 valence electrons. The summed E-state index contributed by atoms with van der Waals surface area (Å²) >= 11 is 0. The molecule has 0 bridgehead atoms. The molecule has 15 heavy (non-hydrogen) atoms. The fraction of sp³-hybridized carbons (Fsp3) is 0.769. The second-order valence-electron chi connectivity index (χ2n) is 5.67. The predicted octanol–water partition coefficient (Wildman–Crippen LogP) is 2.22. The first-order chi connectivity index (χ1) is 7.07. The highest BCUT2D eigenvalue weighted by Gasteiger charge is 2.64. The summed E-state index contributed by atoms with van der Waals surface area (Å²) in [4.78, 5) is 11.5. The van der Waals surface area contributed by atoms with Crippen molar-refractivity contribution in [2.75, 3.05) is 0 Å². The Labute approximate surface area is 90.4 Å². The maximum Gasteiger partial charge on any atom is 0.133 e. The summed E-state index contributed by atoms with van der Waals surface area (Å²) in [5.74, 6) is 0.647. The molecule has 0 aliphatic heterocycles. The minimum Gasteiger partial charge on any atom is -0.389 e. The first kappa shape index (κ1) is 9.59. The van der Waals surface area contributed by atoms with Gasteiger partial charge in [0.2, 0.25) is 0 Å². The molecule has 1 N–H and O–H groups in total. The van der Waals surface area contributed by atoms with Crippen LogP contribution in [0.1, 0.15) is 44.9 Å². The van der Waals surface area contributed by atoms with Crippen LogP contribution >= 0.6 is 0 Å². The predicted molar refractivity (Wildman–Crippen MR) is 57.3 cm³/mol. The Morgan fingerprint density at radius 2 is 2.13 bits per heavy atom. The number of rotatable bonds is 0. The van der Waals surface area contributed by atoms with Gasteiger partial charge in [0.1, 0.15) is 5.78 Å². The van der Waals surface area contributed by atoms with Gasteiger partial charge in [0.15, 0.2) is 0 Å². The first-order valence-electron chi connectivity index (χ1n) is 5.99. The number of carbonyl (C=O) groups excluding carboxylic acids is 1. The number of hydrogen-bond donors (Lipinski definition) is 1. The highest BCUT2D eigenvalue weighted by molar-refractivity contribution is 5.80. The average Bonchev–Trinajstić information content (AvgIpc) is 2.57. The largest absolute Gasteiger partial charge is 0.389 e. The molecule has 0 unspecified atom stereocenters. The lowest BCUT2D eigenvalue weighted by molar-refractivity contribution is -0.129. The van der Waals surface area contributed by atoms with Gasteiger partial charge in [-0.15, -0.1) is 0 Å². The van der Waals surface area contributed by atoms with Crippen molar-refractivity contribution in [3.63, 3.8) is 0 Å². The second kappa shape index (κ2) is 2.73. The summed E-state index contributed by atoms with van der Waals surface area (Å²) < 4.78 is 0. The van der Waals surface area contributed by atoms with E-state index in [1.165, 1.54) is 0 Å². The van der Waals surface area contributed by atoms with Gasteiger partial charge in [-0.05, 0) is 38.0 Å². The third kappa shape index (κ3) is 1.01. The molecule has 3 saturated carbocycles. The van der Waals surface area contributed by atoms with Crippen LogP contribution < -0.4 is 0 Å². The van der Waals surface area contributed by atoms with E-state index in [0.29, 0.717) is 18.6 Å². The normalized spacial score (nSPS) is 49.3. The van der Waals surface area contributed by atoms with E-state index in [4.69, 9.17) is 0 Å². The number of aliphatic hydroxyl groups is 1. The van der Waals surface area contributed by atoms with E-state index in [1.54, 1.807) is 0 Å². The van der Waals surface area contributed by atoms with Crippen molar-refractivity contribution in [1.82, 2.24) is 0 Å². The maximum absolute atomic E-state index is 11.5. The van der Waals surface area contributed by atoms with E-state index in [1.807, 2.05) is 0 Å². The summed E-state index contributed by atoms with van der Waals surface area (Å²) in [6.45, 7) is 4.08. The van der Waals surface area contributed by atoms with Crippen LogP contribution in [0.5, 0.6) is 0 Å². The van der Waals surface area contributed by atoms with Crippen LogP contribution in [0.4, 0.5) is 0 Å². The van der Waals surface area contributed by atoms with Crippen molar-refractivity contribution < 1.29 is 9.90 Å². The van der Waals surface area contributed by atoms with Crippen molar-refractivity contribution >= 4 is 5.78 Å². The lowest BCUT2D eigenvalue weighted by atomic mass is 9.63. The molecule has 0 aromatic carbocycles. The van der Waals surface area contributed by atoms with Gasteiger partial charge in [-0.25, -0.2) is 0 Å². The molecule has 1 spiro atoms. The van der Waals surface area contributed by atoms with Gasteiger partial charge < -0.3 is 5.11 Å². The number of ketones is 1. The Morgan fingerprint density at radius 3 is 2.93 bits per heavy atom. The van der Waals surface area contributed by atoms with Gasteiger partial charge in [0.25, 0.3) is 0 Å². The second-order valence-corrected chi connectivity index (χ2v) is 5.67. The van der Waals surface area contributed by atoms with Crippen molar-refractivity contribution in [2.45, 2.75) is 50.5 Å². The van der Waals surface area contributed by atoms with Gasteiger partial charge in [-0.2, -0.15) is 0 Å². The summed E-state index contributed by atoms with van der Waals surface area (Å²) in [5.41, 5.74) is 0.637. The molecule has 2 heteroatoms. The fourth-order valence-electron chi connectivity index (χ4n) is 4.39. The topological polar surface area (TPSA) is 37.3 Å². The van der Waals surface area contributed by atoms with E-state index in [2.05, 4.69) is 6.58 Å². The van der Waals surface area contributed by atoms with Gasteiger partial charge in [0, 0.05) is 18.3 Å². The highest BCUT2D eigenvalue weighted by Crippen LogP contribution is 2.66. The van der Waals surface area contributed by atoms with Crippen LogP contribution in [0.25, 0.3) is 0 Å². The number of carbonyl (C=O) groups is 1. The number of Topliss-reactive ketones (excluding diaryl/α,β-unsaturated/α-hetero) is 1. The van der Waals surface area contributed by atoms with E-state index >= 15 is 0 Å². The molecule has 0 radical (unpaired) electrons. The first-order valence-corrected chi connectivity index (χ1v) is 5.99. The Balaban J connectivity index is 2.05. The summed E-state index contributed by atoms with van der Waals surface area (Å²) in [7, 11) is 0. The standard InChI is InChI=1S/C13H18O2/c1-9-8-13(15)5-2-4-12(13)6-3-10(14)7-11(9)12/h11,15H,1-8H2/t11-,12-,13+/m0/s1. The molecule has 3 atom stereocenters.